The molecular formula is C9H12F6OS. The summed E-state index contributed by atoms with van der Waals surface area (Å²) in [5.74, 6) is -4.87. The monoisotopic (exact) mass is 282 g/mol. The minimum absolute atomic E-state index is 0.272. The zero-order chi connectivity index (χ0) is 13.6. The highest BCUT2D eigenvalue weighted by Gasteiger charge is 2.52. The van der Waals surface area contributed by atoms with Crippen molar-refractivity contribution in [1.29, 1.82) is 0 Å². The average molecular weight is 282 g/mol. The number of hydrogen-bond donors (Lipinski definition) is 0. The van der Waals surface area contributed by atoms with Crippen molar-refractivity contribution in [3.63, 3.8) is 0 Å². The molecule has 0 aromatic heterocycles. The van der Waals surface area contributed by atoms with Gasteiger partial charge in [0.05, 0.1) is 0 Å². The second kappa shape index (κ2) is 7.13. The first-order valence-electron chi connectivity index (χ1n) is 4.72. The zero-order valence-corrected chi connectivity index (χ0v) is 9.75. The Balaban J connectivity index is 4.32. The highest BCUT2D eigenvalue weighted by atomic mass is 32.2. The lowest BCUT2D eigenvalue weighted by atomic mass is 10.0. The third-order valence-corrected chi connectivity index (χ3v) is 2.77. The highest BCUT2D eigenvalue weighted by Crippen LogP contribution is 2.33. The van der Waals surface area contributed by atoms with Crippen LogP contribution < -0.4 is 0 Å². The maximum Gasteiger partial charge on any atom is 0.312 e. The Morgan fingerprint density at radius 3 is 2.24 bits per heavy atom. The Labute approximate surface area is 98.9 Å². The molecule has 0 spiro atoms. The van der Waals surface area contributed by atoms with Crippen LogP contribution in [-0.4, -0.2) is 42.0 Å². The Morgan fingerprint density at radius 1 is 1.29 bits per heavy atom. The lowest BCUT2D eigenvalue weighted by molar-refractivity contribution is -0.148. The molecule has 0 amide bonds. The van der Waals surface area contributed by atoms with E-state index < -0.39 is 42.6 Å². The SMILES string of the molecule is CC(=O)SCCC(F)C(F)(F)C(F)C(F)CF. The van der Waals surface area contributed by atoms with Gasteiger partial charge in [0.15, 0.2) is 23.6 Å². The molecule has 17 heavy (non-hydrogen) atoms. The Kier molecular flexibility index (Phi) is 6.96. The van der Waals surface area contributed by atoms with Gasteiger partial charge in [-0.05, 0) is 6.42 Å². The van der Waals surface area contributed by atoms with Gasteiger partial charge in [-0.15, -0.1) is 0 Å². The molecule has 0 aliphatic heterocycles. The van der Waals surface area contributed by atoms with Crippen LogP contribution in [0.5, 0.6) is 0 Å². The topological polar surface area (TPSA) is 17.1 Å². The fourth-order valence-electron chi connectivity index (χ4n) is 0.991. The maximum atomic E-state index is 13.0. The normalized spacial score (nSPS) is 17.6. The summed E-state index contributed by atoms with van der Waals surface area (Å²) in [5.41, 5.74) is 0. The van der Waals surface area contributed by atoms with Crippen molar-refractivity contribution in [2.45, 2.75) is 37.8 Å². The van der Waals surface area contributed by atoms with Crippen molar-refractivity contribution in [3.05, 3.63) is 0 Å². The number of carbonyl (C=O) groups excluding carboxylic acids is 1. The van der Waals surface area contributed by atoms with E-state index in [0.717, 1.165) is 6.92 Å². The van der Waals surface area contributed by atoms with Crippen LogP contribution in [0.25, 0.3) is 0 Å². The molecule has 3 unspecified atom stereocenters. The predicted molar refractivity (Wildman–Crippen MR) is 53.4 cm³/mol. The first kappa shape index (κ1) is 16.6. The molecule has 0 aliphatic carbocycles. The number of halogens is 6. The third kappa shape index (κ3) is 5.18. The molecule has 0 aromatic rings. The summed E-state index contributed by atoms with van der Waals surface area (Å²) in [4.78, 5) is 10.4. The van der Waals surface area contributed by atoms with Crippen LogP contribution in [0.1, 0.15) is 13.3 Å². The number of carbonyl (C=O) groups is 1. The second-order valence-electron chi connectivity index (χ2n) is 3.34. The van der Waals surface area contributed by atoms with Crippen molar-refractivity contribution in [1.82, 2.24) is 0 Å². The Hall–Kier alpha value is -0.400. The van der Waals surface area contributed by atoms with E-state index in [9.17, 15) is 31.1 Å². The molecule has 0 rings (SSSR count). The summed E-state index contributed by atoms with van der Waals surface area (Å²) in [5, 5.41) is -0.399. The second-order valence-corrected chi connectivity index (χ2v) is 4.61. The van der Waals surface area contributed by atoms with Crippen LogP contribution in [0.3, 0.4) is 0 Å². The van der Waals surface area contributed by atoms with Crippen LogP contribution >= 0.6 is 11.8 Å². The predicted octanol–water partition coefficient (Wildman–Crippen LogP) is 3.28. The van der Waals surface area contributed by atoms with E-state index in [2.05, 4.69) is 0 Å². The summed E-state index contributed by atoms with van der Waals surface area (Å²) in [6, 6.07) is 0. The largest absolute Gasteiger partial charge is 0.312 e. The minimum atomic E-state index is -4.59. The smallest absolute Gasteiger partial charge is 0.288 e. The van der Waals surface area contributed by atoms with Crippen molar-refractivity contribution in [3.8, 4) is 0 Å². The van der Waals surface area contributed by atoms with E-state index in [1.54, 1.807) is 0 Å². The summed E-state index contributed by atoms with van der Waals surface area (Å²) >= 11 is 0.599. The van der Waals surface area contributed by atoms with E-state index in [4.69, 9.17) is 0 Å². The number of hydrogen-bond acceptors (Lipinski definition) is 2. The zero-order valence-electron chi connectivity index (χ0n) is 8.94. The molecule has 0 N–H and O–H groups in total. The molecule has 3 atom stereocenters. The van der Waals surface area contributed by atoms with Gasteiger partial charge in [0, 0.05) is 12.7 Å². The number of alkyl halides is 6. The standard InChI is InChI=1S/C9H12F6OS/c1-5(16)17-3-2-7(12)9(14,15)8(13)6(11)4-10/h6-8H,2-4H2,1H3. The van der Waals surface area contributed by atoms with E-state index >= 15 is 0 Å². The molecule has 0 saturated carbocycles. The molecule has 8 heteroatoms. The van der Waals surface area contributed by atoms with Crippen molar-refractivity contribution in [2.75, 3.05) is 12.4 Å². The van der Waals surface area contributed by atoms with Gasteiger partial charge in [-0.25, -0.2) is 26.3 Å². The molecule has 1 nitrogen and oxygen atoms in total. The maximum absolute atomic E-state index is 13.0. The summed E-state index contributed by atoms with van der Waals surface area (Å²) in [6.45, 7) is -0.777. The molecule has 0 aliphatic rings. The van der Waals surface area contributed by atoms with Crippen LogP contribution in [0.15, 0.2) is 0 Å². The fraction of sp³-hybridized carbons (Fsp3) is 0.889. The van der Waals surface area contributed by atoms with Gasteiger partial charge < -0.3 is 0 Å². The van der Waals surface area contributed by atoms with E-state index in [0.29, 0.717) is 11.8 Å². The van der Waals surface area contributed by atoms with Crippen LogP contribution in [0.2, 0.25) is 0 Å². The fourth-order valence-corrected chi connectivity index (χ4v) is 1.60. The first-order valence-corrected chi connectivity index (χ1v) is 5.71. The quantitative estimate of drug-likeness (QED) is 0.667. The van der Waals surface area contributed by atoms with Crippen LogP contribution in [0.4, 0.5) is 26.3 Å². The molecule has 0 bridgehead atoms. The van der Waals surface area contributed by atoms with Crippen LogP contribution in [0, 0.1) is 0 Å². The number of thioether (sulfide) groups is 1. The van der Waals surface area contributed by atoms with Gasteiger partial charge in [0.2, 0.25) is 0 Å². The number of rotatable bonds is 7. The molecule has 0 radical (unpaired) electrons. The minimum Gasteiger partial charge on any atom is -0.288 e. The van der Waals surface area contributed by atoms with E-state index in [1.165, 1.54) is 0 Å². The summed E-state index contributed by atoms with van der Waals surface area (Å²) < 4.78 is 75.6. The van der Waals surface area contributed by atoms with Gasteiger partial charge in [0.25, 0.3) is 0 Å². The molecule has 0 saturated heterocycles. The van der Waals surface area contributed by atoms with Gasteiger partial charge in [-0.1, -0.05) is 11.8 Å². The Morgan fingerprint density at radius 2 is 1.82 bits per heavy atom. The Bertz CT molecular complexity index is 250. The highest BCUT2D eigenvalue weighted by molar-refractivity contribution is 8.13. The van der Waals surface area contributed by atoms with Gasteiger partial charge in [0.1, 0.15) is 6.67 Å². The average Bonchev–Trinajstić information content (AvgIpc) is 2.26. The molecule has 0 aromatic carbocycles. The molecule has 0 fully saturated rings. The van der Waals surface area contributed by atoms with Crippen molar-refractivity contribution < 1.29 is 31.1 Å². The van der Waals surface area contributed by atoms with Crippen LogP contribution in [-0.2, 0) is 4.79 Å². The van der Waals surface area contributed by atoms with Gasteiger partial charge in [-0.3, -0.25) is 4.79 Å². The molecule has 102 valence electrons. The summed E-state index contributed by atoms with van der Waals surface area (Å²) in [6.07, 6.45) is -10.3. The van der Waals surface area contributed by atoms with Gasteiger partial charge in [-0.2, -0.15) is 0 Å². The summed E-state index contributed by atoms with van der Waals surface area (Å²) in [7, 11) is 0. The van der Waals surface area contributed by atoms with Crippen molar-refractivity contribution in [2.24, 2.45) is 0 Å². The molecular weight excluding hydrogens is 270 g/mol. The molecule has 0 heterocycles. The lowest BCUT2D eigenvalue weighted by Gasteiger charge is -2.25. The third-order valence-electron chi connectivity index (χ3n) is 1.93. The first-order chi connectivity index (χ1) is 7.73. The van der Waals surface area contributed by atoms with E-state index in [1.807, 2.05) is 0 Å². The van der Waals surface area contributed by atoms with Gasteiger partial charge >= 0.3 is 5.92 Å². The van der Waals surface area contributed by atoms with Crippen molar-refractivity contribution >= 4 is 16.9 Å². The van der Waals surface area contributed by atoms with E-state index in [-0.39, 0.29) is 5.75 Å². The lowest BCUT2D eigenvalue weighted by Crippen LogP contribution is -2.45.